The number of benzene rings is 2. The second kappa shape index (κ2) is 8.82. The summed E-state index contributed by atoms with van der Waals surface area (Å²) in [6.45, 7) is 3.08. The van der Waals surface area contributed by atoms with E-state index in [-0.39, 0.29) is 30.9 Å². The Morgan fingerprint density at radius 1 is 1.15 bits per heavy atom. The van der Waals surface area contributed by atoms with Crippen molar-refractivity contribution >= 4 is 11.9 Å². The molecule has 0 bridgehead atoms. The van der Waals surface area contributed by atoms with Crippen LogP contribution in [0.15, 0.2) is 60.7 Å². The number of amides is 1. The lowest BCUT2D eigenvalue weighted by Gasteiger charge is -2.25. The SMILES string of the molecule is CC(c1ccccc1)N1CC(CC(=O)O)[C@@H](COCc2ccccc2)C1=O. The maximum Gasteiger partial charge on any atom is 0.303 e. The number of hydrogen-bond donors (Lipinski definition) is 1. The molecule has 2 aromatic rings. The summed E-state index contributed by atoms with van der Waals surface area (Å²) in [6.07, 6.45) is -0.0247. The fourth-order valence-electron chi connectivity index (χ4n) is 3.66. The van der Waals surface area contributed by atoms with Gasteiger partial charge in [-0.3, -0.25) is 9.59 Å². The molecule has 0 aromatic heterocycles. The van der Waals surface area contributed by atoms with E-state index in [0.29, 0.717) is 13.2 Å². The molecule has 5 nitrogen and oxygen atoms in total. The number of carbonyl (C=O) groups is 2. The number of likely N-dealkylation sites (tertiary alicyclic amines) is 1. The van der Waals surface area contributed by atoms with Crippen molar-refractivity contribution in [1.29, 1.82) is 0 Å². The maximum atomic E-state index is 13.0. The molecule has 0 aliphatic carbocycles. The van der Waals surface area contributed by atoms with Crippen LogP contribution < -0.4 is 0 Å². The van der Waals surface area contributed by atoms with Crippen LogP contribution in [-0.2, 0) is 20.9 Å². The van der Waals surface area contributed by atoms with Gasteiger partial charge in [0.25, 0.3) is 0 Å². The molecular weight excluding hydrogens is 342 g/mol. The van der Waals surface area contributed by atoms with E-state index in [1.807, 2.05) is 67.6 Å². The fourth-order valence-corrected chi connectivity index (χ4v) is 3.66. The van der Waals surface area contributed by atoms with E-state index in [1.165, 1.54) is 0 Å². The van der Waals surface area contributed by atoms with Crippen LogP contribution in [0.1, 0.15) is 30.5 Å². The summed E-state index contributed by atoms with van der Waals surface area (Å²) in [5.41, 5.74) is 2.08. The van der Waals surface area contributed by atoms with Crippen LogP contribution in [0.3, 0.4) is 0 Å². The van der Waals surface area contributed by atoms with Crippen molar-refractivity contribution < 1.29 is 19.4 Å². The highest BCUT2D eigenvalue weighted by molar-refractivity contribution is 5.83. The molecule has 2 unspecified atom stereocenters. The largest absolute Gasteiger partial charge is 0.481 e. The number of ether oxygens (including phenoxy) is 1. The monoisotopic (exact) mass is 367 g/mol. The van der Waals surface area contributed by atoms with Crippen molar-refractivity contribution in [2.24, 2.45) is 11.8 Å². The fraction of sp³-hybridized carbons (Fsp3) is 0.364. The highest BCUT2D eigenvalue weighted by atomic mass is 16.5. The van der Waals surface area contributed by atoms with Gasteiger partial charge < -0.3 is 14.7 Å². The molecule has 3 atom stereocenters. The molecule has 1 heterocycles. The minimum Gasteiger partial charge on any atom is -0.481 e. The predicted octanol–water partition coefficient (Wildman–Crippen LogP) is 3.51. The lowest BCUT2D eigenvalue weighted by Crippen LogP contribution is -2.31. The smallest absolute Gasteiger partial charge is 0.303 e. The Hall–Kier alpha value is -2.66. The third-order valence-corrected chi connectivity index (χ3v) is 5.20. The van der Waals surface area contributed by atoms with Crippen LogP contribution in [0, 0.1) is 11.8 Å². The van der Waals surface area contributed by atoms with Crippen LogP contribution in [0.4, 0.5) is 0 Å². The van der Waals surface area contributed by atoms with Crippen molar-refractivity contribution in [1.82, 2.24) is 4.90 Å². The Morgan fingerprint density at radius 3 is 2.41 bits per heavy atom. The first-order valence-electron chi connectivity index (χ1n) is 9.25. The average molecular weight is 367 g/mol. The first-order chi connectivity index (χ1) is 13.1. The van der Waals surface area contributed by atoms with Crippen molar-refractivity contribution in [3.05, 3.63) is 71.8 Å². The zero-order valence-electron chi connectivity index (χ0n) is 15.5. The Labute approximate surface area is 159 Å². The van der Waals surface area contributed by atoms with Gasteiger partial charge in [0.15, 0.2) is 0 Å². The lowest BCUT2D eigenvalue weighted by atomic mass is 9.93. The van der Waals surface area contributed by atoms with Crippen molar-refractivity contribution in [3.63, 3.8) is 0 Å². The Morgan fingerprint density at radius 2 is 1.78 bits per heavy atom. The van der Waals surface area contributed by atoms with Crippen LogP contribution in [-0.4, -0.2) is 35.0 Å². The summed E-state index contributed by atoms with van der Waals surface area (Å²) in [7, 11) is 0. The molecule has 142 valence electrons. The van der Waals surface area contributed by atoms with Crippen LogP contribution >= 0.6 is 0 Å². The van der Waals surface area contributed by atoms with Gasteiger partial charge in [-0.1, -0.05) is 60.7 Å². The highest BCUT2D eigenvalue weighted by Gasteiger charge is 2.43. The molecule has 1 N–H and O–H groups in total. The van der Waals surface area contributed by atoms with Crippen molar-refractivity contribution in [2.75, 3.05) is 13.2 Å². The first-order valence-corrected chi connectivity index (χ1v) is 9.25. The molecule has 1 aliphatic heterocycles. The number of carbonyl (C=O) groups excluding carboxylic acids is 1. The molecule has 0 spiro atoms. The van der Waals surface area contributed by atoms with Crippen LogP contribution in [0.2, 0.25) is 0 Å². The molecule has 1 amide bonds. The zero-order chi connectivity index (χ0) is 19.2. The second-order valence-electron chi connectivity index (χ2n) is 7.04. The number of rotatable bonds is 8. The number of hydrogen-bond acceptors (Lipinski definition) is 3. The number of carboxylic acid groups (broad SMARTS) is 1. The average Bonchev–Trinajstić information content (AvgIpc) is 2.98. The summed E-state index contributed by atoms with van der Waals surface area (Å²) in [5.74, 6) is -1.56. The predicted molar refractivity (Wildman–Crippen MR) is 102 cm³/mol. The van der Waals surface area contributed by atoms with Crippen molar-refractivity contribution in [3.8, 4) is 0 Å². The minimum absolute atomic E-state index is 0.0225. The summed E-state index contributed by atoms with van der Waals surface area (Å²) >= 11 is 0. The van der Waals surface area contributed by atoms with E-state index in [2.05, 4.69) is 0 Å². The topological polar surface area (TPSA) is 66.8 Å². The molecule has 5 heteroatoms. The standard InChI is InChI=1S/C22H25NO4/c1-16(18-10-6-3-7-11-18)23-13-19(12-21(24)25)20(22(23)26)15-27-14-17-8-4-2-5-9-17/h2-11,16,19-20H,12-15H2,1H3,(H,24,25)/t16?,19?,20-/m1/s1. The van der Waals surface area contributed by atoms with Gasteiger partial charge in [-0.15, -0.1) is 0 Å². The first kappa shape index (κ1) is 19.1. The third-order valence-electron chi connectivity index (χ3n) is 5.20. The maximum absolute atomic E-state index is 13.0. The van der Waals surface area contributed by atoms with E-state index in [4.69, 9.17) is 4.74 Å². The molecule has 0 saturated carbocycles. The number of nitrogens with zero attached hydrogens (tertiary/aromatic N) is 1. The molecule has 1 saturated heterocycles. The van der Waals surface area contributed by atoms with E-state index in [0.717, 1.165) is 11.1 Å². The van der Waals surface area contributed by atoms with Gasteiger partial charge in [-0.05, 0) is 18.1 Å². The number of aliphatic carboxylic acids is 1. The Kier molecular flexibility index (Phi) is 6.24. The van der Waals surface area contributed by atoms with E-state index >= 15 is 0 Å². The quantitative estimate of drug-likeness (QED) is 0.775. The van der Waals surface area contributed by atoms with Gasteiger partial charge in [0.05, 0.1) is 31.6 Å². The third kappa shape index (κ3) is 4.74. The van der Waals surface area contributed by atoms with Gasteiger partial charge in [0, 0.05) is 12.5 Å². The van der Waals surface area contributed by atoms with E-state index in [1.54, 1.807) is 4.90 Å². The normalized spacial score (nSPS) is 20.6. The molecule has 27 heavy (non-hydrogen) atoms. The Bertz CT molecular complexity index is 762. The van der Waals surface area contributed by atoms with E-state index < -0.39 is 11.9 Å². The van der Waals surface area contributed by atoms with Gasteiger partial charge in [0.1, 0.15) is 0 Å². The minimum atomic E-state index is -0.880. The van der Waals surface area contributed by atoms with E-state index in [9.17, 15) is 14.7 Å². The molecule has 3 rings (SSSR count). The molecule has 0 radical (unpaired) electrons. The van der Waals surface area contributed by atoms with Gasteiger partial charge in [-0.25, -0.2) is 0 Å². The molecule has 1 aliphatic rings. The van der Waals surface area contributed by atoms with Gasteiger partial charge in [0.2, 0.25) is 5.91 Å². The summed E-state index contributed by atoms with van der Waals surface area (Å²) in [4.78, 5) is 26.1. The molecular formula is C22H25NO4. The van der Waals surface area contributed by atoms with Crippen LogP contribution in [0.5, 0.6) is 0 Å². The van der Waals surface area contributed by atoms with Gasteiger partial charge in [-0.2, -0.15) is 0 Å². The highest BCUT2D eigenvalue weighted by Crippen LogP contribution is 2.34. The number of carboxylic acids is 1. The summed E-state index contributed by atoms with van der Waals surface area (Å²) in [6, 6.07) is 19.5. The zero-order valence-corrected chi connectivity index (χ0v) is 15.5. The van der Waals surface area contributed by atoms with Gasteiger partial charge >= 0.3 is 5.97 Å². The van der Waals surface area contributed by atoms with Crippen LogP contribution in [0.25, 0.3) is 0 Å². The second-order valence-corrected chi connectivity index (χ2v) is 7.04. The lowest BCUT2D eigenvalue weighted by molar-refractivity contribution is -0.138. The molecule has 1 fully saturated rings. The molecule has 2 aromatic carbocycles. The Balaban J connectivity index is 1.68. The summed E-state index contributed by atoms with van der Waals surface area (Å²) in [5, 5.41) is 9.25. The summed E-state index contributed by atoms with van der Waals surface area (Å²) < 4.78 is 5.78. The van der Waals surface area contributed by atoms with Crippen molar-refractivity contribution in [2.45, 2.75) is 26.0 Å².